The van der Waals surface area contributed by atoms with Crippen LogP contribution in [0.5, 0.6) is 0 Å². The molecule has 2 nitrogen and oxygen atoms in total. The molecule has 0 aromatic rings. The summed E-state index contributed by atoms with van der Waals surface area (Å²) in [5.41, 5.74) is 5.69. The summed E-state index contributed by atoms with van der Waals surface area (Å²) in [7, 11) is 0. The Morgan fingerprint density at radius 2 is 2.00 bits per heavy atom. The lowest BCUT2D eigenvalue weighted by Gasteiger charge is -2.50. The van der Waals surface area contributed by atoms with Gasteiger partial charge in [-0.15, -0.1) is 0 Å². The summed E-state index contributed by atoms with van der Waals surface area (Å²) in [5, 5.41) is 0. The molecule has 58 valence electrons. The molecular weight excluding hydrogens is 124 g/mol. The van der Waals surface area contributed by atoms with Crippen LogP contribution < -0.4 is 5.73 Å². The predicted octanol–water partition coefficient (Wildman–Crippen LogP) is 0.428. The number of likely N-dealkylation sites (tertiary alicyclic amines) is 1. The van der Waals surface area contributed by atoms with E-state index in [1.165, 1.54) is 12.8 Å². The van der Waals surface area contributed by atoms with Gasteiger partial charge in [-0.05, 0) is 18.8 Å². The van der Waals surface area contributed by atoms with Gasteiger partial charge in [0.2, 0.25) is 0 Å². The van der Waals surface area contributed by atoms with Crippen LogP contribution in [0, 0.1) is 5.92 Å². The molecule has 2 aliphatic rings. The molecule has 2 N–H and O–H groups in total. The zero-order valence-electron chi connectivity index (χ0n) is 6.59. The van der Waals surface area contributed by atoms with E-state index < -0.39 is 0 Å². The van der Waals surface area contributed by atoms with Gasteiger partial charge in [-0.1, -0.05) is 6.92 Å². The lowest BCUT2D eigenvalue weighted by Crippen LogP contribution is -2.62. The van der Waals surface area contributed by atoms with Gasteiger partial charge in [0.1, 0.15) is 0 Å². The maximum Gasteiger partial charge on any atom is 0.0297 e. The maximum absolute atomic E-state index is 5.69. The molecule has 2 fully saturated rings. The molecule has 1 aliphatic carbocycles. The van der Waals surface area contributed by atoms with Gasteiger partial charge in [0.05, 0.1) is 0 Å². The van der Waals surface area contributed by atoms with Crippen LogP contribution in [0.4, 0.5) is 0 Å². The van der Waals surface area contributed by atoms with Gasteiger partial charge >= 0.3 is 0 Å². The molecule has 2 heteroatoms. The minimum Gasteiger partial charge on any atom is -0.325 e. The van der Waals surface area contributed by atoms with Gasteiger partial charge in [0, 0.05) is 25.2 Å². The average Bonchev–Trinajstić information content (AvgIpc) is 1.82. The highest BCUT2D eigenvalue weighted by atomic mass is 15.3. The third kappa shape index (κ3) is 0.867. The van der Waals surface area contributed by atoms with Crippen LogP contribution in [-0.4, -0.2) is 30.1 Å². The molecule has 1 aliphatic heterocycles. The lowest BCUT2D eigenvalue weighted by molar-refractivity contribution is 0.0116. The van der Waals surface area contributed by atoms with Crippen molar-refractivity contribution in [2.24, 2.45) is 11.7 Å². The summed E-state index contributed by atoms with van der Waals surface area (Å²) in [4.78, 5) is 2.53. The van der Waals surface area contributed by atoms with E-state index in [-0.39, 0.29) is 0 Å². The summed E-state index contributed by atoms with van der Waals surface area (Å²) in [6.07, 6.45) is 2.84. The van der Waals surface area contributed by atoms with Crippen LogP contribution in [0.3, 0.4) is 0 Å². The highest BCUT2D eigenvalue weighted by Crippen LogP contribution is 2.33. The number of hydrogen-bond acceptors (Lipinski definition) is 2. The Hall–Kier alpha value is -0.0800. The lowest BCUT2D eigenvalue weighted by atomic mass is 9.78. The summed E-state index contributed by atoms with van der Waals surface area (Å²) in [5.74, 6) is 0.937. The fourth-order valence-electron chi connectivity index (χ4n) is 2.01. The standard InChI is InChI=1S/C8H16N2/c1-6-2-3-8(6)10-4-7(9)5-10/h6-8H,2-5,9H2,1H3. The Bertz CT molecular complexity index is 129. The molecule has 0 amide bonds. The van der Waals surface area contributed by atoms with Crippen molar-refractivity contribution in [3.63, 3.8) is 0 Å². The van der Waals surface area contributed by atoms with E-state index in [0.717, 1.165) is 25.0 Å². The molecule has 2 rings (SSSR count). The van der Waals surface area contributed by atoms with Crippen molar-refractivity contribution in [1.82, 2.24) is 4.90 Å². The Morgan fingerprint density at radius 3 is 2.30 bits per heavy atom. The average molecular weight is 140 g/mol. The molecule has 10 heavy (non-hydrogen) atoms. The second kappa shape index (κ2) is 2.21. The van der Waals surface area contributed by atoms with Crippen molar-refractivity contribution in [2.45, 2.75) is 31.8 Å². The van der Waals surface area contributed by atoms with E-state index in [2.05, 4.69) is 11.8 Å². The summed E-state index contributed by atoms with van der Waals surface area (Å²) in [6.45, 7) is 4.64. The Kier molecular flexibility index (Phi) is 1.46. The van der Waals surface area contributed by atoms with E-state index in [0.29, 0.717) is 6.04 Å². The molecular formula is C8H16N2. The molecule has 0 radical (unpaired) electrons. The molecule has 0 spiro atoms. The van der Waals surface area contributed by atoms with Crippen LogP contribution in [0.25, 0.3) is 0 Å². The largest absolute Gasteiger partial charge is 0.325 e. The van der Waals surface area contributed by atoms with Gasteiger partial charge < -0.3 is 5.73 Å². The van der Waals surface area contributed by atoms with Gasteiger partial charge in [-0.25, -0.2) is 0 Å². The topological polar surface area (TPSA) is 29.3 Å². The first-order chi connectivity index (χ1) is 4.77. The molecule has 1 heterocycles. The normalized spacial score (nSPS) is 42.6. The first-order valence-electron chi connectivity index (χ1n) is 4.27. The molecule has 0 aromatic carbocycles. The fourth-order valence-corrected chi connectivity index (χ4v) is 2.01. The number of rotatable bonds is 1. The quantitative estimate of drug-likeness (QED) is 0.572. The van der Waals surface area contributed by atoms with E-state index in [1.54, 1.807) is 0 Å². The minimum atomic E-state index is 0.479. The van der Waals surface area contributed by atoms with Crippen LogP contribution in [0.1, 0.15) is 19.8 Å². The SMILES string of the molecule is CC1CCC1N1CC(N)C1. The van der Waals surface area contributed by atoms with E-state index in [4.69, 9.17) is 5.73 Å². The second-order valence-electron chi connectivity index (χ2n) is 3.84. The zero-order valence-corrected chi connectivity index (χ0v) is 6.59. The van der Waals surface area contributed by atoms with Crippen molar-refractivity contribution in [2.75, 3.05) is 13.1 Å². The summed E-state index contributed by atoms with van der Waals surface area (Å²) >= 11 is 0. The highest BCUT2D eigenvalue weighted by molar-refractivity contribution is 4.94. The van der Waals surface area contributed by atoms with Gasteiger partial charge in [-0.2, -0.15) is 0 Å². The van der Waals surface area contributed by atoms with E-state index >= 15 is 0 Å². The Balaban J connectivity index is 1.79. The summed E-state index contributed by atoms with van der Waals surface area (Å²) in [6, 6.07) is 1.37. The Morgan fingerprint density at radius 1 is 1.30 bits per heavy atom. The van der Waals surface area contributed by atoms with Crippen molar-refractivity contribution in [3.8, 4) is 0 Å². The van der Waals surface area contributed by atoms with Crippen LogP contribution in [0.2, 0.25) is 0 Å². The summed E-state index contributed by atoms with van der Waals surface area (Å²) < 4.78 is 0. The van der Waals surface area contributed by atoms with Crippen molar-refractivity contribution in [1.29, 1.82) is 0 Å². The third-order valence-corrected chi connectivity index (χ3v) is 2.98. The molecule has 2 atom stereocenters. The third-order valence-electron chi connectivity index (χ3n) is 2.98. The van der Waals surface area contributed by atoms with Gasteiger partial charge in [-0.3, -0.25) is 4.90 Å². The highest BCUT2D eigenvalue weighted by Gasteiger charge is 2.37. The van der Waals surface area contributed by atoms with Crippen molar-refractivity contribution < 1.29 is 0 Å². The molecule has 2 unspecified atom stereocenters. The first-order valence-corrected chi connectivity index (χ1v) is 4.27. The van der Waals surface area contributed by atoms with Gasteiger partial charge in [0.15, 0.2) is 0 Å². The van der Waals surface area contributed by atoms with E-state index in [9.17, 15) is 0 Å². The zero-order chi connectivity index (χ0) is 7.14. The Labute approximate surface area is 62.4 Å². The molecule has 1 saturated heterocycles. The predicted molar refractivity (Wildman–Crippen MR) is 41.7 cm³/mol. The van der Waals surface area contributed by atoms with Crippen molar-refractivity contribution >= 4 is 0 Å². The monoisotopic (exact) mass is 140 g/mol. The second-order valence-corrected chi connectivity index (χ2v) is 3.84. The molecule has 0 bridgehead atoms. The van der Waals surface area contributed by atoms with Crippen molar-refractivity contribution in [3.05, 3.63) is 0 Å². The number of nitrogens with zero attached hydrogens (tertiary/aromatic N) is 1. The number of hydrogen-bond donors (Lipinski definition) is 1. The number of nitrogens with two attached hydrogens (primary N) is 1. The van der Waals surface area contributed by atoms with Crippen LogP contribution in [0.15, 0.2) is 0 Å². The molecule has 1 saturated carbocycles. The maximum atomic E-state index is 5.69. The molecule has 0 aromatic heterocycles. The smallest absolute Gasteiger partial charge is 0.0297 e. The van der Waals surface area contributed by atoms with Crippen LogP contribution >= 0.6 is 0 Å². The fraction of sp³-hybridized carbons (Fsp3) is 1.00. The first kappa shape index (κ1) is 6.62. The minimum absolute atomic E-state index is 0.479. The van der Waals surface area contributed by atoms with Gasteiger partial charge in [0.25, 0.3) is 0 Å². The van der Waals surface area contributed by atoms with E-state index in [1.807, 2.05) is 0 Å². The van der Waals surface area contributed by atoms with Crippen LogP contribution in [-0.2, 0) is 0 Å².